The van der Waals surface area contributed by atoms with Crippen molar-refractivity contribution in [2.24, 2.45) is 0 Å². The molecular weight excluding hydrogens is 359 g/mol. The Balaban J connectivity index is 2.01. The SMILES string of the molecule is CN(CC(=O)Nc1ccc(Cl)cc1)C(=O)c1cc(Cl)ccc1Cl. The van der Waals surface area contributed by atoms with Crippen LogP contribution >= 0.6 is 34.8 Å². The number of hydrogen-bond acceptors (Lipinski definition) is 2. The molecule has 0 saturated heterocycles. The molecular formula is C16H13Cl3N2O2. The maximum Gasteiger partial charge on any atom is 0.255 e. The summed E-state index contributed by atoms with van der Waals surface area (Å²) in [5.74, 6) is -0.718. The van der Waals surface area contributed by atoms with Gasteiger partial charge in [-0.05, 0) is 42.5 Å². The summed E-state index contributed by atoms with van der Waals surface area (Å²) in [7, 11) is 1.51. The first-order valence-corrected chi connectivity index (χ1v) is 7.76. The lowest BCUT2D eigenvalue weighted by molar-refractivity contribution is -0.116. The van der Waals surface area contributed by atoms with Gasteiger partial charge in [0.2, 0.25) is 5.91 Å². The Kier molecular flexibility index (Phi) is 5.88. The Bertz CT molecular complexity index is 733. The van der Waals surface area contributed by atoms with E-state index in [2.05, 4.69) is 5.32 Å². The molecule has 0 spiro atoms. The lowest BCUT2D eigenvalue weighted by Gasteiger charge is -2.17. The van der Waals surface area contributed by atoms with Crippen LogP contribution in [-0.4, -0.2) is 30.3 Å². The molecule has 2 rings (SSSR count). The van der Waals surface area contributed by atoms with E-state index in [-0.39, 0.29) is 28.9 Å². The van der Waals surface area contributed by atoms with Gasteiger partial charge < -0.3 is 10.2 Å². The Morgan fingerprint density at radius 3 is 2.26 bits per heavy atom. The van der Waals surface area contributed by atoms with E-state index in [9.17, 15) is 9.59 Å². The van der Waals surface area contributed by atoms with Crippen molar-refractivity contribution in [2.45, 2.75) is 0 Å². The first-order chi connectivity index (χ1) is 10.9. The third-order valence-corrected chi connectivity index (χ3v) is 3.83. The highest BCUT2D eigenvalue weighted by atomic mass is 35.5. The molecule has 0 aromatic heterocycles. The van der Waals surface area contributed by atoms with Gasteiger partial charge in [0.05, 0.1) is 17.1 Å². The number of amides is 2. The third kappa shape index (κ3) is 4.86. The van der Waals surface area contributed by atoms with Crippen LogP contribution < -0.4 is 5.32 Å². The summed E-state index contributed by atoms with van der Waals surface area (Å²) in [4.78, 5) is 25.6. The summed E-state index contributed by atoms with van der Waals surface area (Å²) in [5.41, 5.74) is 0.849. The second-order valence-corrected chi connectivity index (χ2v) is 6.12. The zero-order chi connectivity index (χ0) is 17.0. The smallest absolute Gasteiger partial charge is 0.255 e. The highest BCUT2D eigenvalue weighted by molar-refractivity contribution is 6.35. The lowest BCUT2D eigenvalue weighted by atomic mass is 10.2. The first-order valence-electron chi connectivity index (χ1n) is 6.63. The predicted molar refractivity (Wildman–Crippen MR) is 93.5 cm³/mol. The number of carbonyl (C=O) groups excluding carboxylic acids is 2. The molecule has 1 N–H and O–H groups in total. The van der Waals surface area contributed by atoms with Crippen molar-refractivity contribution in [1.29, 1.82) is 0 Å². The summed E-state index contributed by atoms with van der Waals surface area (Å²) in [6, 6.07) is 11.3. The van der Waals surface area contributed by atoms with E-state index >= 15 is 0 Å². The summed E-state index contributed by atoms with van der Waals surface area (Å²) < 4.78 is 0. The van der Waals surface area contributed by atoms with Crippen molar-refractivity contribution in [3.05, 3.63) is 63.1 Å². The Morgan fingerprint density at radius 1 is 1.00 bits per heavy atom. The summed E-state index contributed by atoms with van der Waals surface area (Å²) >= 11 is 17.6. The van der Waals surface area contributed by atoms with Crippen molar-refractivity contribution < 1.29 is 9.59 Å². The van der Waals surface area contributed by atoms with Gasteiger partial charge in [-0.2, -0.15) is 0 Å². The Hall–Kier alpha value is -1.75. The molecule has 0 bridgehead atoms. The van der Waals surface area contributed by atoms with Gasteiger partial charge in [-0.1, -0.05) is 34.8 Å². The third-order valence-electron chi connectivity index (χ3n) is 3.01. The van der Waals surface area contributed by atoms with Gasteiger partial charge in [0.25, 0.3) is 5.91 Å². The standard InChI is InChI=1S/C16H13Cl3N2O2/c1-21(16(23)13-8-11(18)4-7-14(13)19)9-15(22)20-12-5-2-10(17)3-6-12/h2-8H,9H2,1H3,(H,20,22). The second-order valence-electron chi connectivity index (χ2n) is 4.84. The van der Waals surface area contributed by atoms with Crippen LogP contribution in [0.3, 0.4) is 0 Å². The van der Waals surface area contributed by atoms with E-state index in [1.165, 1.54) is 18.0 Å². The molecule has 0 aliphatic carbocycles. The van der Waals surface area contributed by atoms with E-state index in [1.807, 2.05) is 0 Å². The number of likely N-dealkylation sites (N-methyl/N-ethyl adjacent to an activating group) is 1. The van der Waals surface area contributed by atoms with Crippen LogP contribution in [0, 0.1) is 0 Å². The number of halogens is 3. The zero-order valence-electron chi connectivity index (χ0n) is 12.1. The van der Waals surface area contributed by atoms with Crippen LogP contribution in [0.15, 0.2) is 42.5 Å². The predicted octanol–water partition coefficient (Wildman–Crippen LogP) is 4.36. The highest BCUT2D eigenvalue weighted by Crippen LogP contribution is 2.22. The van der Waals surface area contributed by atoms with E-state index < -0.39 is 0 Å². The fourth-order valence-electron chi connectivity index (χ4n) is 1.89. The first kappa shape index (κ1) is 17.6. The van der Waals surface area contributed by atoms with Crippen molar-refractivity contribution in [1.82, 2.24) is 4.90 Å². The fourth-order valence-corrected chi connectivity index (χ4v) is 2.38. The topological polar surface area (TPSA) is 49.4 Å². The normalized spacial score (nSPS) is 10.3. The number of nitrogens with zero attached hydrogens (tertiary/aromatic N) is 1. The molecule has 120 valence electrons. The minimum Gasteiger partial charge on any atom is -0.332 e. The molecule has 0 radical (unpaired) electrons. The number of anilines is 1. The van der Waals surface area contributed by atoms with Gasteiger partial charge in [-0.3, -0.25) is 9.59 Å². The molecule has 0 aliphatic rings. The summed E-state index contributed by atoms with van der Waals surface area (Å²) in [5, 5.41) is 3.94. The molecule has 4 nitrogen and oxygen atoms in total. The Morgan fingerprint density at radius 2 is 1.61 bits per heavy atom. The number of hydrogen-bond donors (Lipinski definition) is 1. The molecule has 7 heteroatoms. The molecule has 2 aromatic carbocycles. The minimum atomic E-state index is -0.385. The van der Waals surface area contributed by atoms with Gasteiger partial charge in [0.15, 0.2) is 0 Å². The average molecular weight is 372 g/mol. The zero-order valence-corrected chi connectivity index (χ0v) is 14.4. The Labute approximate surface area is 148 Å². The fraction of sp³-hybridized carbons (Fsp3) is 0.125. The van der Waals surface area contributed by atoms with E-state index in [1.54, 1.807) is 36.4 Å². The molecule has 0 atom stereocenters. The molecule has 2 amide bonds. The number of rotatable bonds is 4. The maximum absolute atomic E-state index is 12.3. The van der Waals surface area contributed by atoms with Gasteiger partial charge in [-0.15, -0.1) is 0 Å². The summed E-state index contributed by atoms with van der Waals surface area (Å²) in [6.07, 6.45) is 0. The lowest BCUT2D eigenvalue weighted by Crippen LogP contribution is -2.35. The van der Waals surface area contributed by atoms with Gasteiger partial charge in [0.1, 0.15) is 0 Å². The van der Waals surface area contributed by atoms with Crippen LogP contribution in [0.4, 0.5) is 5.69 Å². The van der Waals surface area contributed by atoms with Crippen LogP contribution in [0.1, 0.15) is 10.4 Å². The highest BCUT2D eigenvalue weighted by Gasteiger charge is 2.18. The second kappa shape index (κ2) is 7.68. The van der Waals surface area contributed by atoms with E-state index in [4.69, 9.17) is 34.8 Å². The molecule has 2 aromatic rings. The molecule has 0 aliphatic heterocycles. The van der Waals surface area contributed by atoms with Crippen molar-refractivity contribution >= 4 is 52.3 Å². The quantitative estimate of drug-likeness (QED) is 0.868. The largest absolute Gasteiger partial charge is 0.332 e. The molecule has 23 heavy (non-hydrogen) atoms. The molecule has 0 fully saturated rings. The number of nitrogens with one attached hydrogen (secondary N) is 1. The van der Waals surface area contributed by atoms with Gasteiger partial charge >= 0.3 is 0 Å². The van der Waals surface area contributed by atoms with E-state index in [0.29, 0.717) is 15.7 Å². The summed E-state index contributed by atoms with van der Waals surface area (Å²) in [6.45, 7) is -0.121. The van der Waals surface area contributed by atoms with Crippen LogP contribution in [0.5, 0.6) is 0 Å². The van der Waals surface area contributed by atoms with Crippen molar-refractivity contribution in [3.8, 4) is 0 Å². The van der Waals surface area contributed by atoms with Gasteiger partial charge in [-0.25, -0.2) is 0 Å². The molecule has 0 heterocycles. The van der Waals surface area contributed by atoms with Crippen molar-refractivity contribution in [3.63, 3.8) is 0 Å². The van der Waals surface area contributed by atoms with Crippen molar-refractivity contribution in [2.75, 3.05) is 18.9 Å². The monoisotopic (exact) mass is 370 g/mol. The van der Waals surface area contributed by atoms with Crippen LogP contribution in [0.2, 0.25) is 15.1 Å². The minimum absolute atomic E-state index is 0.121. The van der Waals surface area contributed by atoms with Gasteiger partial charge in [0, 0.05) is 22.8 Å². The van der Waals surface area contributed by atoms with Crippen LogP contribution in [-0.2, 0) is 4.79 Å². The molecule has 0 saturated carbocycles. The number of benzene rings is 2. The molecule has 0 unspecified atom stereocenters. The number of carbonyl (C=O) groups is 2. The average Bonchev–Trinajstić information content (AvgIpc) is 2.51. The maximum atomic E-state index is 12.3. The van der Waals surface area contributed by atoms with E-state index in [0.717, 1.165) is 0 Å². The van der Waals surface area contributed by atoms with Crippen LogP contribution in [0.25, 0.3) is 0 Å².